The van der Waals surface area contributed by atoms with Crippen LogP contribution in [0.2, 0.25) is 0 Å². The lowest BCUT2D eigenvalue weighted by Gasteiger charge is -2.67. The number of aliphatic hydroxyl groups is 3. The van der Waals surface area contributed by atoms with Gasteiger partial charge in [0.15, 0.2) is 17.5 Å². The van der Waals surface area contributed by atoms with E-state index < -0.39 is 82.3 Å². The van der Waals surface area contributed by atoms with Crippen LogP contribution in [-0.4, -0.2) is 94.1 Å². The summed E-state index contributed by atoms with van der Waals surface area (Å²) in [7, 11) is 0. The summed E-state index contributed by atoms with van der Waals surface area (Å²) in [5.41, 5.74) is -6.69. The first-order valence-corrected chi connectivity index (χ1v) is 14.8. The second-order valence-electron chi connectivity index (χ2n) is 13.0. The fourth-order valence-electron chi connectivity index (χ4n) is 7.99. The third-order valence-corrected chi connectivity index (χ3v) is 10.4. The van der Waals surface area contributed by atoms with Crippen LogP contribution in [0.15, 0.2) is 41.5 Å². The second kappa shape index (κ2) is 10.9. The number of rotatable bonds is 5. The number of fused-ring (bicyclic) bond motifs is 5. The van der Waals surface area contributed by atoms with Crippen molar-refractivity contribution in [2.45, 2.75) is 96.1 Å². The molecule has 3 N–H and O–H groups in total. The molecule has 12 heteroatoms. The predicted octanol–water partition coefficient (Wildman–Crippen LogP) is 2.26. The molecule has 0 spiro atoms. The number of benzene rings is 1. The van der Waals surface area contributed by atoms with E-state index in [9.17, 15) is 34.5 Å². The summed E-state index contributed by atoms with van der Waals surface area (Å²) in [5.74, 6) is -3.76. The molecule has 0 aromatic heterocycles. The maximum atomic E-state index is 14.9. The highest BCUT2D eigenvalue weighted by atomic mass is 16.7. The zero-order valence-electron chi connectivity index (χ0n) is 25.7. The number of hydrogen-bond acceptors (Lipinski definition) is 12. The minimum atomic E-state index is -2.15. The fraction of sp³-hybridized carbons (Fsp3) is 0.625. The normalized spacial score (nSPS) is 39.0. The summed E-state index contributed by atoms with van der Waals surface area (Å²) in [6.45, 7) is 8.67. The van der Waals surface area contributed by atoms with Crippen LogP contribution in [-0.2, 0) is 33.3 Å². The molecule has 3 aliphatic carbocycles. The van der Waals surface area contributed by atoms with Crippen molar-refractivity contribution in [1.29, 1.82) is 0 Å². The summed E-state index contributed by atoms with van der Waals surface area (Å²) in [5, 5.41) is 36.0. The van der Waals surface area contributed by atoms with Gasteiger partial charge in [0.25, 0.3) is 0 Å². The molecule has 9 atom stereocenters. The van der Waals surface area contributed by atoms with Crippen molar-refractivity contribution in [1.82, 2.24) is 0 Å². The van der Waals surface area contributed by atoms with Gasteiger partial charge in [0.05, 0.1) is 42.3 Å². The predicted molar refractivity (Wildman–Crippen MR) is 151 cm³/mol. The smallest absolute Gasteiger partial charge is 0.455 e. The van der Waals surface area contributed by atoms with Gasteiger partial charge in [-0.3, -0.25) is 9.59 Å². The third kappa shape index (κ3) is 4.48. The lowest BCUT2D eigenvalue weighted by Crippen LogP contribution is -2.81. The first kappa shape index (κ1) is 32.1. The lowest BCUT2D eigenvalue weighted by molar-refractivity contribution is -0.345. The number of esters is 2. The number of carbonyl (C=O) groups is 4. The van der Waals surface area contributed by atoms with E-state index in [1.165, 1.54) is 26.0 Å². The Hall–Kier alpha value is -3.32. The molecule has 3 fully saturated rings. The van der Waals surface area contributed by atoms with Gasteiger partial charge < -0.3 is 39.0 Å². The maximum absolute atomic E-state index is 14.9. The zero-order valence-corrected chi connectivity index (χ0v) is 25.7. The van der Waals surface area contributed by atoms with Crippen molar-refractivity contribution in [3.63, 3.8) is 0 Å². The molecule has 44 heavy (non-hydrogen) atoms. The molecule has 1 saturated heterocycles. The van der Waals surface area contributed by atoms with Crippen LogP contribution in [0.4, 0.5) is 4.79 Å². The number of aliphatic hydroxyl groups excluding tert-OH is 2. The number of Topliss-reactive ketones (excluding diaryl/α,β-unsaturated/α-hetero) is 1. The summed E-state index contributed by atoms with van der Waals surface area (Å²) in [6, 6.07) is 8.02. The molecule has 1 aromatic carbocycles. The first-order chi connectivity index (χ1) is 20.6. The highest BCUT2D eigenvalue weighted by Crippen LogP contribution is 2.64. The maximum Gasteiger partial charge on any atom is 0.509 e. The van der Waals surface area contributed by atoms with E-state index in [4.69, 9.17) is 23.7 Å². The SMILES string of the molecule is CCOC(=O)O[C@H]1C(=O)[C@@]2(C)C([C@H](OC(=O)c3ccccc3)[C@]3(O)C[C@H](O)C(C)=C1C3(C)C)[C@]1(OC(C)=O)CO[C@@H]1C[C@@H]2O. The van der Waals surface area contributed by atoms with E-state index in [2.05, 4.69) is 0 Å². The molecule has 1 unspecified atom stereocenters. The molecule has 0 amide bonds. The molecule has 0 radical (unpaired) electrons. The Bertz CT molecular complexity index is 1390. The Morgan fingerprint density at radius 3 is 2.30 bits per heavy atom. The van der Waals surface area contributed by atoms with Gasteiger partial charge in [-0.15, -0.1) is 0 Å². The van der Waals surface area contributed by atoms with Gasteiger partial charge in [0.2, 0.25) is 0 Å². The number of carbonyl (C=O) groups excluding carboxylic acids is 4. The van der Waals surface area contributed by atoms with E-state index in [-0.39, 0.29) is 42.8 Å². The Morgan fingerprint density at radius 2 is 1.73 bits per heavy atom. The minimum Gasteiger partial charge on any atom is -0.455 e. The molecular formula is C32H40O12. The molecule has 2 bridgehead atoms. The monoisotopic (exact) mass is 616 g/mol. The van der Waals surface area contributed by atoms with Crippen LogP contribution in [0.1, 0.15) is 64.7 Å². The molecular weight excluding hydrogens is 576 g/mol. The lowest BCUT2D eigenvalue weighted by atomic mass is 9.44. The van der Waals surface area contributed by atoms with Crippen LogP contribution >= 0.6 is 0 Å². The van der Waals surface area contributed by atoms with Crippen LogP contribution in [0.5, 0.6) is 0 Å². The Labute approximate surface area is 255 Å². The number of ether oxygens (including phenoxy) is 5. The number of hydrogen-bond donors (Lipinski definition) is 3. The summed E-state index contributed by atoms with van der Waals surface area (Å²) in [4.78, 5) is 54.1. The quantitative estimate of drug-likeness (QED) is 0.250. The minimum absolute atomic E-state index is 0.0532. The molecule has 1 aliphatic heterocycles. The molecule has 5 rings (SSSR count). The van der Waals surface area contributed by atoms with E-state index in [1.807, 2.05) is 0 Å². The topological polar surface area (TPSA) is 175 Å². The Balaban J connectivity index is 1.82. The van der Waals surface area contributed by atoms with Gasteiger partial charge in [0, 0.05) is 25.2 Å². The van der Waals surface area contributed by atoms with Gasteiger partial charge in [-0.1, -0.05) is 32.0 Å². The van der Waals surface area contributed by atoms with Crippen LogP contribution in [0, 0.1) is 16.7 Å². The molecule has 240 valence electrons. The zero-order chi connectivity index (χ0) is 32.4. The highest BCUT2D eigenvalue weighted by Gasteiger charge is 2.78. The van der Waals surface area contributed by atoms with Crippen LogP contribution in [0.25, 0.3) is 0 Å². The molecule has 1 heterocycles. The van der Waals surface area contributed by atoms with Crippen LogP contribution < -0.4 is 0 Å². The molecule has 4 aliphatic rings. The van der Waals surface area contributed by atoms with Gasteiger partial charge >= 0.3 is 18.1 Å². The van der Waals surface area contributed by atoms with Gasteiger partial charge in [-0.05, 0) is 44.1 Å². The summed E-state index contributed by atoms with van der Waals surface area (Å²) < 4.78 is 28.6. The Morgan fingerprint density at radius 1 is 1.07 bits per heavy atom. The molecule has 1 aromatic rings. The summed E-state index contributed by atoms with van der Waals surface area (Å²) >= 11 is 0. The third-order valence-electron chi connectivity index (χ3n) is 10.4. The average Bonchev–Trinajstić information content (AvgIpc) is 2.95. The molecule has 2 saturated carbocycles. The fourth-order valence-corrected chi connectivity index (χ4v) is 7.99. The average molecular weight is 617 g/mol. The molecule has 12 nitrogen and oxygen atoms in total. The van der Waals surface area contributed by atoms with Gasteiger partial charge in [0.1, 0.15) is 17.8 Å². The second-order valence-corrected chi connectivity index (χ2v) is 13.0. The van der Waals surface area contributed by atoms with Crippen molar-refractivity contribution in [3.8, 4) is 0 Å². The van der Waals surface area contributed by atoms with Crippen molar-refractivity contribution in [2.24, 2.45) is 16.7 Å². The van der Waals surface area contributed by atoms with E-state index in [0.717, 1.165) is 0 Å². The number of ketones is 1. The van der Waals surface area contributed by atoms with Crippen molar-refractivity contribution in [2.75, 3.05) is 13.2 Å². The Kier molecular flexibility index (Phi) is 7.97. The van der Waals surface area contributed by atoms with Crippen LogP contribution in [0.3, 0.4) is 0 Å². The first-order valence-electron chi connectivity index (χ1n) is 14.8. The van der Waals surface area contributed by atoms with E-state index in [1.54, 1.807) is 45.9 Å². The van der Waals surface area contributed by atoms with Crippen molar-refractivity contribution >= 4 is 23.9 Å². The highest BCUT2D eigenvalue weighted by molar-refractivity contribution is 5.95. The van der Waals surface area contributed by atoms with Crippen molar-refractivity contribution in [3.05, 3.63) is 47.0 Å². The largest absolute Gasteiger partial charge is 0.509 e. The van der Waals surface area contributed by atoms with Gasteiger partial charge in [-0.25, -0.2) is 9.59 Å². The van der Waals surface area contributed by atoms with Gasteiger partial charge in [-0.2, -0.15) is 0 Å². The van der Waals surface area contributed by atoms with E-state index in [0.29, 0.717) is 0 Å². The van der Waals surface area contributed by atoms with Crippen molar-refractivity contribution < 1.29 is 58.2 Å². The standard InChI is InChI=1S/C32H40O12/c1-7-40-28(38)42-23-22-16(2)19(34)14-32(39,29(22,4)5)26(43-27(37)18-11-9-8-10-12-18)24-30(6,25(23)36)20(35)13-21-31(24,15-41-21)44-17(3)33/h8-12,19-21,23-24,26,34-35,39H,7,13-15H2,1-6H3/t19-,20-,21+,23+,24?,26-,30+,31-,32+/m0/s1. The summed E-state index contributed by atoms with van der Waals surface area (Å²) in [6.07, 6.45) is -8.75. The van der Waals surface area contributed by atoms with E-state index >= 15 is 0 Å².